The molecule has 2 aliphatic rings. The molecule has 0 aliphatic carbocycles. The molecule has 1 aromatic carbocycles. The minimum atomic E-state index is -0.864. The second-order valence-corrected chi connectivity index (χ2v) is 12.5. The first-order chi connectivity index (χ1) is 18.2. The molecule has 0 radical (unpaired) electrons. The van der Waals surface area contributed by atoms with Gasteiger partial charge in [0.2, 0.25) is 17.7 Å². The number of amides is 3. The highest BCUT2D eigenvalue weighted by atomic mass is 33.1. The fourth-order valence-corrected chi connectivity index (χ4v) is 6.39. The molecule has 4 atom stereocenters. The average molecular weight is 560 g/mol. The van der Waals surface area contributed by atoms with Crippen molar-refractivity contribution in [3.05, 3.63) is 60.4 Å². The lowest BCUT2D eigenvalue weighted by molar-refractivity contribution is -0.135. The SMILES string of the molecule is C=C1CNC(=O)[C@H](Cc2ccccc2)NC(=O)[C@H]2CSSCC/C=C/C(CC(=O)C[C@H](C(C)C)C(=O)N2)O1. The molecule has 2 heterocycles. The number of carbonyl (C=O) groups is 4. The van der Waals surface area contributed by atoms with Gasteiger partial charge in [-0.25, -0.2) is 0 Å². The zero-order valence-corrected chi connectivity index (χ0v) is 23.6. The number of hydrogen-bond donors (Lipinski definition) is 3. The summed E-state index contributed by atoms with van der Waals surface area (Å²) >= 11 is 0. The zero-order chi connectivity index (χ0) is 27.5. The van der Waals surface area contributed by atoms with Gasteiger partial charge in [0.25, 0.3) is 0 Å². The van der Waals surface area contributed by atoms with Crippen LogP contribution in [-0.4, -0.2) is 59.7 Å². The Morgan fingerprint density at radius 2 is 1.76 bits per heavy atom. The predicted molar refractivity (Wildman–Crippen MR) is 152 cm³/mol. The van der Waals surface area contributed by atoms with Gasteiger partial charge in [0, 0.05) is 36.7 Å². The highest BCUT2D eigenvalue weighted by molar-refractivity contribution is 8.76. The highest BCUT2D eigenvalue weighted by Crippen LogP contribution is 2.25. The number of rotatable bonds is 3. The van der Waals surface area contributed by atoms with E-state index in [1.807, 2.05) is 56.3 Å². The second-order valence-electron chi connectivity index (χ2n) is 9.85. The van der Waals surface area contributed by atoms with E-state index in [-0.39, 0.29) is 43.4 Å². The molecule has 2 aliphatic heterocycles. The van der Waals surface area contributed by atoms with Gasteiger partial charge >= 0.3 is 0 Å². The van der Waals surface area contributed by atoms with Gasteiger partial charge < -0.3 is 20.7 Å². The largest absolute Gasteiger partial charge is 0.489 e. The van der Waals surface area contributed by atoms with Gasteiger partial charge in [-0.05, 0) is 24.0 Å². The summed E-state index contributed by atoms with van der Waals surface area (Å²) in [4.78, 5) is 53.0. The molecule has 1 saturated heterocycles. The molecule has 3 N–H and O–H groups in total. The van der Waals surface area contributed by atoms with E-state index in [0.717, 1.165) is 17.7 Å². The number of fused-ring (bicyclic) bond motifs is 7. The van der Waals surface area contributed by atoms with E-state index in [1.54, 1.807) is 10.8 Å². The third kappa shape index (κ3) is 9.54. The maximum atomic E-state index is 13.5. The number of benzene rings is 1. The molecule has 10 heteroatoms. The van der Waals surface area contributed by atoms with E-state index in [1.165, 1.54) is 10.8 Å². The molecule has 0 saturated carbocycles. The Hall–Kier alpha value is -2.72. The Morgan fingerprint density at radius 1 is 1.00 bits per heavy atom. The molecule has 0 spiro atoms. The summed E-state index contributed by atoms with van der Waals surface area (Å²) in [6.07, 6.45) is 4.44. The van der Waals surface area contributed by atoms with Crippen LogP contribution < -0.4 is 16.0 Å². The lowest BCUT2D eigenvalue weighted by atomic mass is 9.88. The van der Waals surface area contributed by atoms with Crippen molar-refractivity contribution >= 4 is 45.1 Å². The first-order valence-corrected chi connectivity index (χ1v) is 15.4. The van der Waals surface area contributed by atoms with Gasteiger partial charge in [-0.2, -0.15) is 0 Å². The van der Waals surface area contributed by atoms with Crippen LogP contribution in [0.4, 0.5) is 0 Å². The fraction of sp³-hybridized carbons (Fsp3) is 0.500. The third-order valence-corrected chi connectivity index (χ3v) is 8.83. The van der Waals surface area contributed by atoms with E-state index in [9.17, 15) is 19.2 Å². The van der Waals surface area contributed by atoms with Crippen LogP contribution in [0, 0.1) is 11.8 Å². The number of hydrogen-bond acceptors (Lipinski definition) is 7. The van der Waals surface area contributed by atoms with Gasteiger partial charge in [-0.3, -0.25) is 19.2 Å². The average Bonchev–Trinajstić information content (AvgIpc) is 2.88. The zero-order valence-electron chi connectivity index (χ0n) is 21.9. The Kier molecular flexibility index (Phi) is 11.8. The highest BCUT2D eigenvalue weighted by Gasteiger charge is 2.32. The summed E-state index contributed by atoms with van der Waals surface area (Å²) < 4.78 is 5.97. The van der Waals surface area contributed by atoms with E-state index in [0.29, 0.717) is 11.5 Å². The fourth-order valence-electron chi connectivity index (χ4n) is 4.23. The number of allylic oxidation sites excluding steroid dienone is 1. The summed E-state index contributed by atoms with van der Waals surface area (Å²) in [7, 11) is 3.09. The van der Waals surface area contributed by atoms with Gasteiger partial charge in [0.1, 0.15) is 29.7 Å². The topological polar surface area (TPSA) is 114 Å². The normalized spacial score (nSPS) is 27.5. The maximum Gasteiger partial charge on any atom is 0.244 e. The Bertz CT molecular complexity index is 1030. The van der Waals surface area contributed by atoms with E-state index in [4.69, 9.17) is 4.74 Å². The lowest BCUT2D eigenvalue weighted by Gasteiger charge is -2.27. The molecular weight excluding hydrogens is 522 g/mol. The Balaban J connectivity index is 1.96. The lowest BCUT2D eigenvalue weighted by Crippen LogP contribution is -2.56. The van der Waals surface area contributed by atoms with Gasteiger partial charge in [0.15, 0.2) is 0 Å². The molecule has 1 unspecified atom stereocenters. The first-order valence-electron chi connectivity index (χ1n) is 12.9. The minimum absolute atomic E-state index is 0.0407. The van der Waals surface area contributed by atoms with Crippen molar-refractivity contribution in [1.82, 2.24) is 16.0 Å². The molecule has 1 aromatic rings. The van der Waals surface area contributed by atoms with Crippen LogP contribution in [-0.2, 0) is 30.3 Å². The van der Waals surface area contributed by atoms with Crippen LogP contribution in [0.2, 0.25) is 0 Å². The van der Waals surface area contributed by atoms with E-state index < -0.39 is 35.9 Å². The molecule has 3 rings (SSSR count). The summed E-state index contributed by atoms with van der Waals surface area (Å²) in [6.45, 7) is 7.75. The summed E-state index contributed by atoms with van der Waals surface area (Å²) in [6, 6.07) is 7.69. The Labute approximate surface area is 232 Å². The second kappa shape index (κ2) is 15.0. The molecule has 0 aromatic heterocycles. The van der Waals surface area contributed by atoms with Crippen molar-refractivity contribution < 1.29 is 23.9 Å². The number of ketones is 1. The van der Waals surface area contributed by atoms with E-state index >= 15 is 0 Å². The summed E-state index contributed by atoms with van der Waals surface area (Å²) in [5.41, 5.74) is 0.887. The molecular formula is C28H37N3O5S2. The van der Waals surface area contributed by atoms with Crippen molar-refractivity contribution in [2.75, 3.05) is 18.1 Å². The summed E-state index contributed by atoms with van der Waals surface area (Å²) in [5.74, 6) is -0.569. The molecule has 38 heavy (non-hydrogen) atoms. The number of carbonyl (C=O) groups excluding carboxylic acids is 4. The molecule has 8 nitrogen and oxygen atoms in total. The number of ether oxygens (including phenoxy) is 1. The van der Waals surface area contributed by atoms with Crippen LogP contribution in [0.3, 0.4) is 0 Å². The van der Waals surface area contributed by atoms with Crippen LogP contribution >= 0.6 is 21.6 Å². The van der Waals surface area contributed by atoms with Gasteiger partial charge in [-0.1, -0.05) is 78.4 Å². The van der Waals surface area contributed by atoms with Gasteiger partial charge in [-0.15, -0.1) is 0 Å². The predicted octanol–water partition coefficient (Wildman–Crippen LogP) is 3.19. The van der Waals surface area contributed by atoms with Crippen LogP contribution in [0.25, 0.3) is 0 Å². The van der Waals surface area contributed by atoms with Crippen LogP contribution in [0.15, 0.2) is 54.8 Å². The monoisotopic (exact) mass is 559 g/mol. The van der Waals surface area contributed by atoms with Crippen molar-refractivity contribution in [1.29, 1.82) is 0 Å². The summed E-state index contributed by atoms with van der Waals surface area (Å²) in [5, 5.41) is 8.54. The molecule has 2 bridgehead atoms. The molecule has 3 amide bonds. The van der Waals surface area contributed by atoms with Crippen molar-refractivity contribution in [3.63, 3.8) is 0 Å². The van der Waals surface area contributed by atoms with E-state index in [2.05, 4.69) is 22.5 Å². The molecule has 1 fully saturated rings. The van der Waals surface area contributed by atoms with Crippen LogP contribution in [0.1, 0.15) is 38.7 Å². The number of Topliss-reactive ketones (excluding diaryl/α,β-unsaturated/α-hetero) is 1. The maximum absolute atomic E-state index is 13.5. The molecule has 206 valence electrons. The van der Waals surface area contributed by atoms with Crippen molar-refractivity contribution in [2.45, 2.75) is 57.7 Å². The standard InChI is InChI=1S/C28H37N3O5S2/c1-18(2)23-15-21(32)14-22-11-7-8-12-37-38-17-25(31-26(23)33)28(35)30-24(13-20-9-5-4-6-10-20)27(34)29-16-19(3)36-22/h4-7,9-11,18,22-25H,3,8,12-17H2,1-2H3,(H,29,34)(H,30,35)(H,31,33)/b11-7+/t22?,23-,24+,25-/m1/s1. The Morgan fingerprint density at radius 3 is 2.50 bits per heavy atom. The first kappa shape index (κ1) is 29.8. The van der Waals surface area contributed by atoms with Crippen LogP contribution in [0.5, 0.6) is 0 Å². The van der Waals surface area contributed by atoms with Crippen molar-refractivity contribution in [3.8, 4) is 0 Å². The minimum Gasteiger partial charge on any atom is -0.489 e. The van der Waals surface area contributed by atoms with Gasteiger partial charge in [0.05, 0.1) is 6.54 Å². The van der Waals surface area contributed by atoms with Crippen molar-refractivity contribution in [2.24, 2.45) is 11.8 Å². The quantitative estimate of drug-likeness (QED) is 0.385. The number of nitrogens with one attached hydrogen (secondary N) is 3. The smallest absolute Gasteiger partial charge is 0.244 e. The third-order valence-electron chi connectivity index (χ3n) is 6.38.